The van der Waals surface area contributed by atoms with Crippen LogP contribution in [0.3, 0.4) is 0 Å². The molecule has 0 atom stereocenters. The molecule has 4 aromatic rings. The van der Waals surface area contributed by atoms with Crippen molar-refractivity contribution in [2.24, 2.45) is 0 Å². The SMILES string of the molecule is CCNC(=O)c1cc(-c2cc(C(C)(C)C)c(OCc3ccccc3)cc2OCc2ccccc2)on1. The lowest BCUT2D eigenvalue weighted by molar-refractivity contribution is 0.0947. The molecular formula is C30H32N2O4. The third-order valence-electron chi connectivity index (χ3n) is 5.71. The molecule has 1 amide bonds. The van der Waals surface area contributed by atoms with E-state index in [1.54, 1.807) is 6.07 Å². The van der Waals surface area contributed by atoms with Crippen LogP contribution >= 0.6 is 0 Å². The third-order valence-corrected chi connectivity index (χ3v) is 5.71. The molecule has 6 heteroatoms. The van der Waals surface area contributed by atoms with Crippen LogP contribution in [0, 0.1) is 0 Å². The van der Waals surface area contributed by atoms with Crippen molar-refractivity contribution in [3.63, 3.8) is 0 Å². The van der Waals surface area contributed by atoms with Gasteiger partial charge >= 0.3 is 0 Å². The van der Waals surface area contributed by atoms with Gasteiger partial charge in [-0.2, -0.15) is 0 Å². The number of nitrogens with zero attached hydrogens (tertiary/aromatic N) is 1. The fraction of sp³-hybridized carbons (Fsp3) is 0.267. The molecule has 0 fully saturated rings. The minimum absolute atomic E-state index is 0.221. The highest BCUT2D eigenvalue weighted by molar-refractivity contribution is 5.93. The normalized spacial score (nSPS) is 11.2. The molecule has 0 saturated heterocycles. The van der Waals surface area contributed by atoms with Crippen molar-refractivity contribution in [2.75, 3.05) is 6.54 Å². The van der Waals surface area contributed by atoms with E-state index < -0.39 is 0 Å². The van der Waals surface area contributed by atoms with Gasteiger partial charge in [-0.3, -0.25) is 4.79 Å². The lowest BCUT2D eigenvalue weighted by Gasteiger charge is -2.25. The van der Waals surface area contributed by atoms with E-state index in [0.717, 1.165) is 22.4 Å². The number of carbonyl (C=O) groups excluding carboxylic acids is 1. The topological polar surface area (TPSA) is 73.6 Å². The highest BCUT2D eigenvalue weighted by Crippen LogP contribution is 2.42. The average molecular weight is 485 g/mol. The van der Waals surface area contributed by atoms with Gasteiger partial charge in [0.25, 0.3) is 5.91 Å². The monoisotopic (exact) mass is 484 g/mol. The van der Waals surface area contributed by atoms with Crippen LogP contribution in [-0.2, 0) is 18.6 Å². The molecule has 3 aromatic carbocycles. The van der Waals surface area contributed by atoms with E-state index >= 15 is 0 Å². The molecule has 0 radical (unpaired) electrons. The van der Waals surface area contributed by atoms with Crippen molar-refractivity contribution < 1.29 is 18.8 Å². The van der Waals surface area contributed by atoms with Crippen LogP contribution in [0.15, 0.2) is 83.4 Å². The predicted molar refractivity (Wildman–Crippen MR) is 140 cm³/mol. The molecule has 0 spiro atoms. The Morgan fingerprint density at radius 2 is 1.44 bits per heavy atom. The summed E-state index contributed by atoms with van der Waals surface area (Å²) in [7, 11) is 0. The lowest BCUT2D eigenvalue weighted by Crippen LogP contribution is -2.22. The van der Waals surface area contributed by atoms with Crippen LogP contribution in [-0.4, -0.2) is 17.6 Å². The van der Waals surface area contributed by atoms with Crippen molar-refractivity contribution in [3.8, 4) is 22.8 Å². The number of benzene rings is 3. The molecular weight excluding hydrogens is 452 g/mol. The number of hydrogen-bond acceptors (Lipinski definition) is 5. The zero-order chi connectivity index (χ0) is 25.5. The number of hydrogen-bond donors (Lipinski definition) is 1. The summed E-state index contributed by atoms with van der Waals surface area (Å²) in [6, 6.07) is 25.6. The summed E-state index contributed by atoms with van der Waals surface area (Å²) in [6.45, 7) is 9.57. The van der Waals surface area contributed by atoms with Gasteiger partial charge in [0.1, 0.15) is 24.7 Å². The molecule has 0 saturated carbocycles. The fourth-order valence-corrected chi connectivity index (χ4v) is 3.81. The van der Waals surface area contributed by atoms with E-state index in [0.29, 0.717) is 36.8 Å². The van der Waals surface area contributed by atoms with Crippen LogP contribution in [0.1, 0.15) is 54.9 Å². The standard InChI is InChI=1S/C30H32N2O4/c1-5-31-29(33)25-17-27(36-32-25)23-16-24(30(2,3)4)28(35-20-22-14-10-7-11-15-22)18-26(23)34-19-21-12-8-6-9-13-21/h6-18H,5,19-20H2,1-4H3,(H,31,33). The Labute approximate surface area is 212 Å². The predicted octanol–water partition coefficient (Wildman–Crippen LogP) is 6.55. The molecule has 1 heterocycles. The number of aromatic nitrogens is 1. The molecule has 36 heavy (non-hydrogen) atoms. The Bertz CT molecular complexity index is 1290. The summed E-state index contributed by atoms with van der Waals surface area (Å²) in [5.74, 6) is 1.51. The Hall–Kier alpha value is -4.06. The summed E-state index contributed by atoms with van der Waals surface area (Å²) in [6.07, 6.45) is 0. The number of ether oxygens (including phenoxy) is 2. The summed E-state index contributed by atoms with van der Waals surface area (Å²) in [4.78, 5) is 12.3. The first-order valence-corrected chi connectivity index (χ1v) is 12.1. The zero-order valence-electron chi connectivity index (χ0n) is 21.2. The summed E-state index contributed by atoms with van der Waals surface area (Å²) in [5, 5.41) is 6.74. The van der Waals surface area contributed by atoms with Gasteiger partial charge in [0.05, 0.1) is 5.56 Å². The molecule has 4 rings (SSSR count). The minimum atomic E-state index is -0.280. The Morgan fingerprint density at radius 3 is 2.00 bits per heavy atom. The Balaban J connectivity index is 1.75. The molecule has 0 aliphatic rings. The number of nitrogens with one attached hydrogen (secondary N) is 1. The third kappa shape index (κ3) is 6.13. The van der Waals surface area contributed by atoms with Gasteiger partial charge in [0.2, 0.25) is 0 Å². The van der Waals surface area contributed by atoms with Gasteiger partial charge < -0.3 is 19.3 Å². The van der Waals surface area contributed by atoms with Gasteiger partial charge in [0.15, 0.2) is 11.5 Å². The first-order valence-electron chi connectivity index (χ1n) is 12.1. The molecule has 186 valence electrons. The number of rotatable bonds is 9. The van der Waals surface area contributed by atoms with E-state index in [-0.39, 0.29) is 17.0 Å². The largest absolute Gasteiger partial charge is 0.488 e. The summed E-state index contributed by atoms with van der Waals surface area (Å²) < 4.78 is 18.2. The number of carbonyl (C=O) groups is 1. The van der Waals surface area contributed by atoms with E-state index in [1.165, 1.54) is 0 Å². The molecule has 0 aliphatic carbocycles. The molecule has 0 unspecified atom stereocenters. The maximum absolute atomic E-state index is 12.3. The molecule has 1 aromatic heterocycles. The van der Waals surface area contributed by atoms with Gasteiger partial charge in [-0.15, -0.1) is 0 Å². The van der Waals surface area contributed by atoms with Crippen LogP contribution in [0.5, 0.6) is 11.5 Å². The minimum Gasteiger partial charge on any atom is -0.488 e. The van der Waals surface area contributed by atoms with E-state index in [2.05, 4.69) is 31.2 Å². The molecule has 0 bridgehead atoms. The first kappa shape index (κ1) is 25.0. The van der Waals surface area contributed by atoms with E-state index in [4.69, 9.17) is 14.0 Å². The number of amides is 1. The average Bonchev–Trinajstić information content (AvgIpc) is 3.37. The van der Waals surface area contributed by atoms with Crippen LogP contribution in [0.25, 0.3) is 11.3 Å². The van der Waals surface area contributed by atoms with Gasteiger partial charge in [-0.05, 0) is 29.5 Å². The van der Waals surface area contributed by atoms with Gasteiger partial charge in [0, 0.05) is 24.2 Å². The highest BCUT2D eigenvalue weighted by Gasteiger charge is 2.25. The van der Waals surface area contributed by atoms with Crippen LogP contribution in [0.2, 0.25) is 0 Å². The van der Waals surface area contributed by atoms with Crippen molar-refractivity contribution in [3.05, 3.63) is 101 Å². The quantitative estimate of drug-likeness (QED) is 0.292. The second-order valence-corrected chi connectivity index (χ2v) is 9.58. The Kier molecular flexibility index (Phi) is 7.74. The highest BCUT2D eigenvalue weighted by atomic mass is 16.5. The lowest BCUT2D eigenvalue weighted by atomic mass is 9.84. The molecule has 0 aliphatic heterocycles. The summed E-state index contributed by atoms with van der Waals surface area (Å²) in [5.41, 5.74) is 3.83. The Morgan fingerprint density at radius 1 is 0.861 bits per heavy atom. The van der Waals surface area contributed by atoms with Gasteiger partial charge in [-0.1, -0.05) is 86.6 Å². The van der Waals surface area contributed by atoms with Crippen molar-refractivity contribution >= 4 is 5.91 Å². The van der Waals surface area contributed by atoms with Crippen molar-refractivity contribution in [2.45, 2.75) is 46.3 Å². The fourth-order valence-electron chi connectivity index (χ4n) is 3.81. The van der Waals surface area contributed by atoms with Crippen molar-refractivity contribution in [1.29, 1.82) is 0 Å². The van der Waals surface area contributed by atoms with Crippen LogP contribution in [0.4, 0.5) is 0 Å². The maximum Gasteiger partial charge on any atom is 0.273 e. The zero-order valence-corrected chi connectivity index (χ0v) is 21.2. The van der Waals surface area contributed by atoms with Crippen LogP contribution < -0.4 is 14.8 Å². The second-order valence-electron chi connectivity index (χ2n) is 9.58. The van der Waals surface area contributed by atoms with Crippen molar-refractivity contribution in [1.82, 2.24) is 10.5 Å². The van der Waals surface area contributed by atoms with E-state index in [9.17, 15) is 4.79 Å². The smallest absolute Gasteiger partial charge is 0.273 e. The van der Waals surface area contributed by atoms with E-state index in [1.807, 2.05) is 79.7 Å². The summed E-state index contributed by atoms with van der Waals surface area (Å²) >= 11 is 0. The second kappa shape index (κ2) is 11.1. The first-order chi connectivity index (χ1) is 17.3. The maximum atomic E-state index is 12.3. The van der Waals surface area contributed by atoms with Gasteiger partial charge in [-0.25, -0.2) is 0 Å². The molecule has 6 nitrogen and oxygen atoms in total. The molecule has 1 N–H and O–H groups in total.